The molecule has 0 aliphatic heterocycles. The smallest absolute Gasteiger partial charge is 0.319 e. The minimum absolute atomic E-state index is 0.241. The standard InChI is InChI=1S/C8H11N7O/c1-14(2)5-3-12-15-6(5)10-4-11-8(15)13-7(9)16/h3-4H,1-2H3,(H3,9,10,11,13,16). The minimum atomic E-state index is -0.693. The van der Waals surface area contributed by atoms with Crippen molar-refractivity contribution in [1.82, 2.24) is 19.6 Å². The zero-order chi connectivity index (χ0) is 11.7. The zero-order valence-corrected chi connectivity index (χ0v) is 8.88. The SMILES string of the molecule is CN(C)c1cnn2c(NC(N)=O)ncnc12. The highest BCUT2D eigenvalue weighted by Crippen LogP contribution is 2.18. The summed E-state index contributed by atoms with van der Waals surface area (Å²) in [5.74, 6) is 0.241. The first-order valence-electron chi connectivity index (χ1n) is 4.52. The van der Waals surface area contributed by atoms with E-state index in [0.29, 0.717) is 5.65 Å². The van der Waals surface area contributed by atoms with Crippen molar-refractivity contribution < 1.29 is 4.79 Å². The summed E-state index contributed by atoms with van der Waals surface area (Å²) in [6.07, 6.45) is 2.98. The van der Waals surface area contributed by atoms with Crippen LogP contribution in [-0.4, -0.2) is 39.7 Å². The fourth-order valence-corrected chi connectivity index (χ4v) is 1.31. The van der Waals surface area contributed by atoms with Crippen LogP contribution in [0.1, 0.15) is 0 Å². The van der Waals surface area contributed by atoms with Gasteiger partial charge in [-0.2, -0.15) is 9.61 Å². The van der Waals surface area contributed by atoms with Gasteiger partial charge in [-0.25, -0.2) is 14.8 Å². The van der Waals surface area contributed by atoms with Crippen molar-refractivity contribution in [2.24, 2.45) is 5.73 Å². The van der Waals surface area contributed by atoms with Gasteiger partial charge in [0.15, 0.2) is 5.65 Å². The molecule has 16 heavy (non-hydrogen) atoms. The van der Waals surface area contributed by atoms with Crippen molar-refractivity contribution in [3.05, 3.63) is 12.5 Å². The molecule has 0 bridgehead atoms. The molecule has 0 unspecified atom stereocenters. The monoisotopic (exact) mass is 221 g/mol. The zero-order valence-electron chi connectivity index (χ0n) is 8.88. The summed E-state index contributed by atoms with van der Waals surface area (Å²) < 4.78 is 1.42. The Balaban J connectivity index is 2.57. The highest BCUT2D eigenvalue weighted by Gasteiger charge is 2.11. The molecule has 0 spiro atoms. The quantitative estimate of drug-likeness (QED) is 0.723. The van der Waals surface area contributed by atoms with Gasteiger partial charge in [0.2, 0.25) is 5.95 Å². The van der Waals surface area contributed by atoms with Crippen molar-refractivity contribution in [3.63, 3.8) is 0 Å². The number of carbonyl (C=O) groups is 1. The number of amides is 2. The Morgan fingerprint density at radius 3 is 2.88 bits per heavy atom. The van der Waals surface area contributed by atoms with Crippen LogP contribution in [0.25, 0.3) is 5.65 Å². The van der Waals surface area contributed by atoms with Crippen LogP contribution in [0, 0.1) is 0 Å². The lowest BCUT2D eigenvalue weighted by Gasteiger charge is -2.09. The maximum absolute atomic E-state index is 10.8. The molecule has 84 valence electrons. The van der Waals surface area contributed by atoms with Crippen LogP contribution in [0.2, 0.25) is 0 Å². The summed E-state index contributed by atoms with van der Waals surface area (Å²) >= 11 is 0. The van der Waals surface area contributed by atoms with E-state index < -0.39 is 6.03 Å². The van der Waals surface area contributed by atoms with Gasteiger partial charge >= 0.3 is 6.03 Å². The molecular formula is C8H11N7O. The van der Waals surface area contributed by atoms with Gasteiger partial charge in [-0.15, -0.1) is 0 Å². The van der Waals surface area contributed by atoms with Gasteiger partial charge in [0, 0.05) is 14.1 Å². The van der Waals surface area contributed by atoms with Crippen LogP contribution in [0.4, 0.5) is 16.4 Å². The maximum Gasteiger partial charge on any atom is 0.319 e. The van der Waals surface area contributed by atoms with Crippen molar-refractivity contribution in [3.8, 4) is 0 Å². The van der Waals surface area contributed by atoms with Gasteiger partial charge in [-0.1, -0.05) is 0 Å². The number of carbonyl (C=O) groups excluding carboxylic acids is 1. The molecule has 0 saturated heterocycles. The molecule has 0 atom stereocenters. The number of hydrogen-bond acceptors (Lipinski definition) is 5. The Bertz CT molecular complexity index is 532. The van der Waals surface area contributed by atoms with Gasteiger partial charge in [0.05, 0.1) is 6.20 Å². The van der Waals surface area contributed by atoms with Crippen molar-refractivity contribution >= 4 is 23.3 Å². The van der Waals surface area contributed by atoms with E-state index in [9.17, 15) is 4.79 Å². The highest BCUT2D eigenvalue weighted by molar-refractivity contribution is 5.86. The molecule has 2 rings (SSSR count). The Kier molecular flexibility index (Phi) is 2.31. The summed E-state index contributed by atoms with van der Waals surface area (Å²) in [5, 5.41) is 6.44. The number of anilines is 2. The van der Waals surface area contributed by atoms with Crippen LogP contribution in [0.3, 0.4) is 0 Å². The number of fused-ring (bicyclic) bond motifs is 1. The van der Waals surface area contributed by atoms with Crippen molar-refractivity contribution in [1.29, 1.82) is 0 Å². The molecule has 0 aliphatic rings. The maximum atomic E-state index is 10.8. The lowest BCUT2D eigenvalue weighted by Crippen LogP contribution is -2.22. The van der Waals surface area contributed by atoms with Gasteiger partial charge in [0.1, 0.15) is 12.0 Å². The molecule has 2 heterocycles. The van der Waals surface area contributed by atoms with E-state index in [-0.39, 0.29) is 5.95 Å². The van der Waals surface area contributed by atoms with Crippen LogP contribution in [-0.2, 0) is 0 Å². The molecule has 2 aromatic rings. The van der Waals surface area contributed by atoms with Gasteiger partial charge in [-0.05, 0) is 0 Å². The number of primary amides is 1. The topological polar surface area (TPSA) is 101 Å². The molecule has 0 aliphatic carbocycles. The molecule has 2 aromatic heterocycles. The number of rotatable bonds is 2. The van der Waals surface area contributed by atoms with Crippen molar-refractivity contribution in [2.75, 3.05) is 24.3 Å². The Morgan fingerprint density at radius 1 is 1.50 bits per heavy atom. The number of urea groups is 1. The predicted molar refractivity (Wildman–Crippen MR) is 58.3 cm³/mol. The first-order valence-corrected chi connectivity index (χ1v) is 4.52. The van der Waals surface area contributed by atoms with E-state index in [1.807, 2.05) is 19.0 Å². The van der Waals surface area contributed by atoms with E-state index in [1.165, 1.54) is 10.8 Å². The normalized spacial score (nSPS) is 10.4. The van der Waals surface area contributed by atoms with E-state index >= 15 is 0 Å². The molecule has 3 N–H and O–H groups in total. The van der Waals surface area contributed by atoms with Crippen LogP contribution >= 0.6 is 0 Å². The lowest BCUT2D eigenvalue weighted by atomic mass is 10.5. The highest BCUT2D eigenvalue weighted by atomic mass is 16.2. The van der Waals surface area contributed by atoms with E-state index in [1.54, 1.807) is 6.20 Å². The van der Waals surface area contributed by atoms with Crippen LogP contribution < -0.4 is 16.0 Å². The molecule has 0 fully saturated rings. The van der Waals surface area contributed by atoms with Crippen molar-refractivity contribution in [2.45, 2.75) is 0 Å². The average molecular weight is 221 g/mol. The molecule has 8 heteroatoms. The number of nitrogens with zero attached hydrogens (tertiary/aromatic N) is 5. The first kappa shape index (κ1) is 10.1. The molecule has 8 nitrogen and oxygen atoms in total. The largest absolute Gasteiger partial charge is 0.373 e. The van der Waals surface area contributed by atoms with Crippen LogP contribution in [0.15, 0.2) is 12.5 Å². The Labute approximate surface area is 91.1 Å². The molecule has 0 aromatic carbocycles. The lowest BCUT2D eigenvalue weighted by molar-refractivity contribution is 0.259. The van der Waals surface area contributed by atoms with E-state index in [4.69, 9.17) is 5.73 Å². The van der Waals surface area contributed by atoms with Crippen LogP contribution in [0.5, 0.6) is 0 Å². The predicted octanol–water partition coefficient (Wildman–Crippen LogP) is -0.319. The molecule has 0 radical (unpaired) electrons. The third-order valence-electron chi connectivity index (χ3n) is 2.00. The third-order valence-corrected chi connectivity index (χ3v) is 2.00. The second-order valence-corrected chi connectivity index (χ2v) is 3.35. The Morgan fingerprint density at radius 2 is 2.25 bits per heavy atom. The van der Waals surface area contributed by atoms with E-state index in [0.717, 1.165) is 5.69 Å². The summed E-state index contributed by atoms with van der Waals surface area (Å²) in [6.45, 7) is 0. The summed E-state index contributed by atoms with van der Waals surface area (Å²) in [5.41, 5.74) is 6.45. The fraction of sp³-hybridized carbons (Fsp3) is 0.250. The molecular weight excluding hydrogens is 210 g/mol. The fourth-order valence-electron chi connectivity index (χ4n) is 1.31. The second kappa shape index (κ2) is 3.65. The molecule has 2 amide bonds. The van der Waals surface area contributed by atoms with Gasteiger partial charge in [-0.3, -0.25) is 5.32 Å². The third kappa shape index (κ3) is 1.60. The number of nitrogens with two attached hydrogens (primary N) is 1. The van der Waals surface area contributed by atoms with Gasteiger partial charge < -0.3 is 10.6 Å². The Hall–Kier alpha value is -2.38. The van der Waals surface area contributed by atoms with E-state index in [2.05, 4.69) is 20.4 Å². The summed E-state index contributed by atoms with van der Waals surface area (Å²) in [4.78, 5) is 20.6. The number of nitrogens with one attached hydrogen (secondary N) is 1. The summed E-state index contributed by atoms with van der Waals surface area (Å²) in [7, 11) is 3.75. The van der Waals surface area contributed by atoms with Gasteiger partial charge in [0.25, 0.3) is 0 Å². The molecule has 0 saturated carbocycles. The average Bonchev–Trinajstić information content (AvgIpc) is 2.61. The summed E-state index contributed by atoms with van der Waals surface area (Å²) in [6, 6.07) is -0.693. The number of hydrogen-bond donors (Lipinski definition) is 2. The number of aromatic nitrogens is 4. The second-order valence-electron chi connectivity index (χ2n) is 3.35. The first-order chi connectivity index (χ1) is 7.59. The minimum Gasteiger partial charge on any atom is -0.373 e.